The second kappa shape index (κ2) is 14.3. The summed E-state index contributed by atoms with van der Waals surface area (Å²) in [6.07, 6.45) is 11.9. The van der Waals surface area contributed by atoms with Crippen LogP contribution >= 0.6 is 0 Å². The second-order valence-electron chi connectivity index (χ2n) is 9.31. The van der Waals surface area contributed by atoms with Crippen LogP contribution in [0.1, 0.15) is 81.6 Å². The van der Waals surface area contributed by atoms with E-state index in [2.05, 4.69) is 30.7 Å². The molecule has 192 valence electrons. The van der Waals surface area contributed by atoms with Crippen molar-refractivity contribution in [1.29, 1.82) is 0 Å². The van der Waals surface area contributed by atoms with Gasteiger partial charge in [-0.05, 0) is 60.7 Å². The number of benzene rings is 2. The summed E-state index contributed by atoms with van der Waals surface area (Å²) in [6.45, 7) is 7.17. The summed E-state index contributed by atoms with van der Waals surface area (Å²) in [5, 5.41) is 0. The number of ether oxygens (including phenoxy) is 2. The SMILES string of the molecule is CCCCCCCCc1ccc(C(=O)Oc2cnc(-c3ccc(OCC(C)CC)cc3)cn2)c(F)c1. The van der Waals surface area contributed by atoms with E-state index in [1.165, 1.54) is 50.2 Å². The Morgan fingerprint density at radius 3 is 2.36 bits per heavy atom. The van der Waals surface area contributed by atoms with Crippen LogP contribution in [0.3, 0.4) is 0 Å². The van der Waals surface area contributed by atoms with Crippen molar-refractivity contribution in [3.63, 3.8) is 0 Å². The van der Waals surface area contributed by atoms with E-state index in [1.807, 2.05) is 24.3 Å². The minimum absolute atomic E-state index is 0.0211. The quantitative estimate of drug-likeness (QED) is 0.169. The van der Waals surface area contributed by atoms with Crippen molar-refractivity contribution in [3.8, 4) is 22.9 Å². The molecule has 0 N–H and O–H groups in total. The molecule has 0 aliphatic carbocycles. The Morgan fingerprint density at radius 2 is 1.69 bits per heavy atom. The lowest BCUT2D eigenvalue weighted by molar-refractivity contribution is 0.0722. The molecule has 0 aliphatic heterocycles. The van der Waals surface area contributed by atoms with Crippen LogP contribution in [0.15, 0.2) is 54.9 Å². The monoisotopic (exact) mass is 492 g/mol. The molecule has 0 spiro atoms. The van der Waals surface area contributed by atoms with Gasteiger partial charge in [-0.1, -0.05) is 65.4 Å². The van der Waals surface area contributed by atoms with Crippen LogP contribution in [-0.2, 0) is 6.42 Å². The summed E-state index contributed by atoms with van der Waals surface area (Å²) in [7, 11) is 0. The van der Waals surface area contributed by atoms with Crippen LogP contribution in [0.4, 0.5) is 4.39 Å². The Balaban J connectivity index is 1.52. The zero-order valence-electron chi connectivity index (χ0n) is 21.6. The third-order valence-electron chi connectivity index (χ3n) is 6.28. The van der Waals surface area contributed by atoms with Crippen LogP contribution in [0.2, 0.25) is 0 Å². The highest BCUT2D eigenvalue weighted by atomic mass is 19.1. The van der Waals surface area contributed by atoms with E-state index in [0.717, 1.165) is 42.6 Å². The number of nitrogens with zero attached hydrogens (tertiary/aromatic N) is 2. The summed E-state index contributed by atoms with van der Waals surface area (Å²) in [4.78, 5) is 21.0. The topological polar surface area (TPSA) is 61.3 Å². The molecule has 1 unspecified atom stereocenters. The molecule has 1 atom stereocenters. The first-order chi connectivity index (χ1) is 17.5. The number of carbonyl (C=O) groups is 1. The first-order valence-corrected chi connectivity index (χ1v) is 13.1. The summed E-state index contributed by atoms with van der Waals surface area (Å²) in [5.41, 5.74) is 2.28. The molecule has 2 aromatic carbocycles. The molecule has 0 bridgehead atoms. The normalized spacial score (nSPS) is 11.8. The van der Waals surface area contributed by atoms with Crippen molar-refractivity contribution in [2.75, 3.05) is 6.61 Å². The average molecular weight is 493 g/mol. The highest BCUT2D eigenvalue weighted by molar-refractivity contribution is 5.91. The number of halogens is 1. The predicted molar refractivity (Wildman–Crippen MR) is 141 cm³/mol. The molecular weight excluding hydrogens is 455 g/mol. The van der Waals surface area contributed by atoms with E-state index < -0.39 is 11.8 Å². The number of unbranched alkanes of at least 4 members (excludes halogenated alkanes) is 5. The molecule has 0 radical (unpaired) electrons. The second-order valence-corrected chi connectivity index (χ2v) is 9.31. The summed E-state index contributed by atoms with van der Waals surface area (Å²) < 4.78 is 25.6. The third-order valence-corrected chi connectivity index (χ3v) is 6.28. The number of rotatable bonds is 14. The van der Waals surface area contributed by atoms with Gasteiger partial charge >= 0.3 is 5.97 Å². The van der Waals surface area contributed by atoms with E-state index in [1.54, 1.807) is 6.07 Å². The molecule has 0 amide bonds. The summed E-state index contributed by atoms with van der Waals surface area (Å²) >= 11 is 0. The molecule has 3 rings (SSSR count). The number of carbonyl (C=O) groups excluding carboxylic acids is 1. The molecule has 3 aromatic rings. The van der Waals surface area contributed by atoms with Crippen molar-refractivity contribution in [2.45, 2.75) is 72.1 Å². The minimum atomic E-state index is -0.788. The number of hydrogen-bond donors (Lipinski definition) is 0. The number of aryl methyl sites for hydroxylation is 1. The Hall–Kier alpha value is -3.28. The van der Waals surface area contributed by atoms with E-state index in [0.29, 0.717) is 18.2 Å². The van der Waals surface area contributed by atoms with Crippen LogP contribution < -0.4 is 9.47 Å². The predicted octanol–water partition coefficient (Wildman–Crippen LogP) is 7.83. The van der Waals surface area contributed by atoms with E-state index in [-0.39, 0.29) is 11.4 Å². The average Bonchev–Trinajstić information content (AvgIpc) is 2.90. The molecule has 0 fully saturated rings. The van der Waals surface area contributed by atoms with Gasteiger partial charge in [0.1, 0.15) is 11.6 Å². The molecule has 5 nitrogen and oxygen atoms in total. The summed E-state index contributed by atoms with van der Waals surface area (Å²) in [5.74, 6) is -0.0418. The van der Waals surface area contributed by atoms with Crippen LogP contribution in [0.25, 0.3) is 11.3 Å². The first-order valence-electron chi connectivity index (χ1n) is 13.1. The lowest BCUT2D eigenvalue weighted by atomic mass is 10.0. The van der Waals surface area contributed by atoms with Gasteiger partial charge in [-0.25, -0.2) is 19.2 Å². The van der Waals surface area contributed by atoms with E-state index in [9.17, 15) is 9.18 Å². The number of aromatic nitrogens is 2. The Kier molecular flexibility index (Phi) is 10.9. The minimum Gasteiger partial charge on any atom is -0.493 e. The van der Waals surface area contributed by atoms with E-state index in [4.69, 9.17) is 9.47 Å². The van der Waals surface area contributed by atoms with Crippen LogP contribution in [0.5, 0.6) is 11.6 Å². The summed E-state index contributed by atoms with van der Waals surface area (Å²) in [6, 6.07) is 12.3. The molecule has 0 aliphatic rings. The molecule has 6 heteroatoms. The van der Waals surface area contributed by atoms with Gasteiger partial charge < -0.3 is 9.47 Å². The van der Waals surface area contributed by atoms with E-state index >= 15 is 0 Å². The number of hydrogen-bond acceptors (Lipinski definition) is 5. The maximum Gasteiger partial charge on any atom is 0.347 e. The highest BCUT2D eigenvalue weighted by Gasteiger charge is 2.16. The zero-order valence-corrected chi connectivity index (χ0v) is 21.6. The van der Waals surface area contributed by atoms with Crippen molar-refractivity contribution in [3.05, 3.63) is 71.8 Å². The van der Waals surface area contributed by atoms with Crippen molar-refractivity contribution in [2.24, 2.45) is 5.92 Å². The molecule has 1 aromatic heterocycles. The fourth-order valence-corrected chi connectivity index (χ4v) is 3.74. The Bertz CT molecular complexity index is 1080. The standard InChI is InChI=1S/C30H37FN2O3/c1-4-6-7-8-9-10-11-23-12-17-26(27(31)18-23)30(34)36-29-20-32-28(19-33-29)24-13-15-25(16-14-24)35-21-22(3)5-2/h12-20,22H,4-11,21H2,1-3H3. The lowest BCUT2D eigenvalue weighted by Gasteiger charge is -2.11. The van der Waals surface area contributed by atoms with Gasteiger partial charge in [-0.15, -0.1) is 0 Å². The first kappa shape index (κ1) is 27.3. The third kappa shape index (κ3) is 8.43. The lowest BCUT2D eigenvalue weighted by Crippen LogP contribution is -2.12. The van der Waals surface area contributed by atoms with Gasteiger partial charge in [0.05, 0.1) is 30.3 Å². The Labute approximate surface area is 214 Å². The maximum absolute atomic E-state index is 14.6. The Morgan fingerprint density at radius 1 is 0.944 bits per heavy atom. The van der Waals surface area contributed by atoms with Crippen molar-refractivity contribution < 1.29 is 18.7 Å². The molecular formula is C30H37FN2O3. The fourth-order valence-electron chi connectivity index (χ4n) is 3.74. The van der Waals surface area contributed by atoms with Gasteiger partial charge in [-0.3, -0.25) is 0 Å². The van der Waals surface area contributed by atoms with Crippen molar-refractivity contribution >= 4 is 5.97 Å². The van der Waals surface area contributed by atoms with Gasteiger partial charge in [0, 0.05) is 5.56 Å². The van der Waals surface area contributed by atoms with Crippen LogP contribution in [-0.4, -0.2) is 22.5 Å². The molecule has 0 saturated carbocycles. The number of esters is 1. The van der Waals surface area contributed by atoms with Gasteiger partial charge in [0.2, 0.25) is 5.88 Å². The largest absolute Gasteiger partial charge is 0.493 e. The van der Waals surface area contributed by atoms with Crippen molar-refractivity contribution in [1.82, 2.24) is 9.97 Å². The van der Waals surface area contributed by atoms with Crippen LogP contribution in [0, 0.1) is 11.7 Å². The zero-order chi connectivity index (χ0) is 25.8. The van der Waals surface area contributed by atoms with Gasteiger partial charge in [0.15, 0.2) is 0 Å². The maximum atomic E-state index is 14.6. The molecule has 0 saturated heterocycles. The fraction of sp³-hybridized carbons (Fsp3) is 0.433. The van der Waals surface area contributed by atoms with Gasteiger partial charge in [0.25, 0.3) is 0 Å². The smallest absolute Gasteiger partial charge is 0.347 e. The van der Waals surface area contributed by atoms with Gasteiger partial charge in [-0.2, -0.15) is 0 Å². The molecule has 36 heavy (non-hydrogen) atoms. The highest BCUT2D eigenvalue weighted by Crippen LogP contribution is 2.22. The molecule has 1 heterocycles.